The van der Waals surface area contributed by atoms with Gasteiger partial charge in [-0.25, -0.2) is 4.79 Å². The summed E-state index contributed by atoms with van der Waals surface area (Å²) in [4.78, 5) is 29.4. The summed E-state index contributed by atoms with van der Waals surface area (Å²) in [5.41, 5.74) is 0.459. The molecule has 0 aromatic carbocycles. The number of halogens is 3. The van der Waals surface area contributed by atoms with Crippen molar-refractivity contribution in [1.82, 2.24) is 9.88 Å². The van der Waals surface area contributed by atoms with Crippen molar-refractivity contribution < 1.29 is 27.5 Å². The SMILES string of the molecule is CC(OC(=O)N1CCC2(CC1)CC2C(=O)Nc1cccnc1)C(F)(F)F. The van der Waals surface area contributed by atoms with E-state index in [1.54, 1.807) is 24.5 Å². The van der Waals surface area contributed by atoms with Crippen LogP contribution in [-0.4, -0.2) is 47.3 Å². The molecule has 2 atom stereocenters. The van der Waals surface area contributed by atoms with Crippen molar-refractivity contribution in [2.24, 2.45) is 11.3 Å². The Morgan fingerprint density at radius 2 is 2.08 bits per heavy atom. The number of pyridine rings is 1. The fourth-order valence-corrected chi connectivity index (χ4v) is 3.36. The Morgan fingerprint density at radius 3 is 2.65 bits per heavy atom. The van der Waals surface area contributed by atoms with Crippen molar-refractivity contribution in [2.75, 3.05) is 18.4 Å². The molecule has 1 aliphatic heterocycles. The van der Waals surface area contributed by atoms with Crippen LogP contribution in [0, 0.1) is 11.3 Å². The Morgan fingerprint density at radius 1 is 1.38 bits per heavy atom. The van der Waals surface area contributed by atoms with E-state index in [0.29, 0.717) is 31.6 Å². The van der Waals surface area contributed by atoms with Crippen LogP contribution in [0.15, 0.2) is 24.5 Å². The van der Waals surface area contributed by atoms with Crippen molar-refractivity contribution in [3.63, 3.8) is 0 Å². The Balaban J connectivity index is 1.48. The van der Waals surface area contributed by atoms with Crippen LogP contribution in [0.1, 0.15) is 26.2 Å². The third-order valence-electron chi connectivity index (χ3n) is 5.19. The first-order valence-electron chi connectivity index (χ1n) is 8.44. The fraction of sp³-hybridized carbons (Fsp3) is 0.588. The van der Waals surface area contributed by atoms with E-state index in [4.69, 9.17) is 0 Å². The molecular weight excluding hydrogens is 351 g/mol. The normalized spacial score (nSPS) is 22.6. The molecule has 26 heavy (non-hydrogen) atoms. The van der Waals surface area contributed by atoms with Gasteiger partial charge in [-0.3, -0.25) is 9.78 Å². The first-order valence-corrected chi connectivity index (χ1v) is 8.44. The molecule has 1 aliphatic carbocycles. The minimum absolute atomic E-state index is 0.0836. The van der Waals surface area contributed by atoms with Crippen LogP contribution in [0.4, 0.5) is 23.7 Å². The molecule has 1 saturated heterocycles. The van der Waals surface area contributed by atoms with Crippen LogP contribution in [0.25, 0.3) is 0 Å². The van der Waals surface area contributed by atoms with Crippen LogP contribution in [0.5, 0.6) is 0 Å². The number of carbonyl (C=O) groups excluding carboxylic acids is 2. The molecule has 1 aromatic rings. The zero-order chi connectivity index (χ0) is 18.9. The molecule has 0 bridgehead atoms. The van der Waals surface area contributed by atoms with E-state index in [0.717, 1.165) is 13.3 Å². The van der Waals surface area contributed by atoms with Crippen molar-refractivity contribution in [1.29, 1.82) is 0 Å². The van der Waals surface area contributed by atoms with Gasteiger partial charge in [-0.05, 0) is 43.7 Å². The number of amides is 2. The predicted molar refractivity (Wildman–Crippen MR) is 86.2 cm³/mol. The van der Waals surface area contributed by atoms with E-state index < -0.39 is 18.4 Å². The molecule has 2 aliphatic rings. The smallest absolute Gasteiger partial charge is 0.425 e. The number of aromatic nitrogens is 1. The summed E-state index contributed by atoms with van der Waals surface area (Å²) in [5, 5.41) is 2.82. The lowest BCUT2D eigenvalue weighted by atomic mass is 9.91. The van der Waals surface area contributed by atoms with Gasteiger partial charge in [-0.15, -0.1) is 0 Å². The van der Waals surface area contributed by atoms with Gasteiger partial charge in [-0.1, -0.05) is 0 Å². The average molecular weight is 371 g/mol. The molecule has 0 radical (unpaired) electrons. The first-order chi connectivity index (χ1) is 12.2. The van der Waals surface area contributed by atoms with Crippen LogP contribution in [0.2, 0.25) is 0 Å². The number of carbonyl (C=O) groups is 2. The Hall–Kier alpha value is -2.32. The molecule has 142 valence electrons. The van der Waals surface area contributed by atoms with Gasteiger partial charge in [0.25, 0.3) is 0 Å². The highest BCUT2D eigenvalue weighted by molar-refractivity contribution is 5.95. The maximum absolute atomic E-state index is 12.5. The summed E-state index contributed by atoms with van der Waals surface area (Å²) in [5.74, 6) is -0.227. The van der Waals surface area contributed by atoms with Crippen LogP contribution >= 0.6 is 0 Å². The lowest BCUT2D eigenvalue weighted by Gasteiger charge is -2.33. The summed E-state index contributed by atoms with van der Waals surface area (Å²) in [6.45, 7) is 1.39. The number of nitrogens with one attached hydrogen (secondary N) is 1. The molecule has 2 amide bonds. The van der Waals surface area contributed by atoms with Gasteiger partial charge in [0.2, 0.25) is 5.91 Å². The topological polar surface area (TPSA) is 71.5 Å². The number of nitrogens with zero attached hydrogens (tertiary/aromatic N) is 2. The maximum Gasteiger partial charge on any atom is 0.425 e. The van der Waals surface area contributed by atoms with Gasteiger partial charge in [-0.2, -0.15) is 13.2 Å². The van der Waals surface area contributed by atoms with Crippen molar-refractivity contribution in [2.45, 2.75) is 38.5 Å². The fourth-order valence-electron chi connectivity index (χ4n) is 3.36. The first kappa shape index (κ1) is 18.5. The second-order valence-corrected chi connectivity index (χ2v) is 6.90. The van der Waals surface area contributed by atoms with E-state index in [2.05, 4.69) is 15.0 Å². The molecule has 1 spiro atoms. The zero-order valence-electron chi connectivity index (χ0n) is 14.3. The van der Waals surface area contributed by atoms with E-state index in [1.807, 2.05) is 0 Å². The Kier molecular flexibility index (Phi) is 4.81. The molecule has 6 nitrogen and oxygen atoms in total. The van der Waals surface area contributed by atoms with Crippen molar-refractivity contribution >= 4 is 17.7 Å². The van der Waals surface area contributed by atoms with Gasteiger partial charge in [0, 0.05) is 25.2 Å². The summed E-state index contributed by atoms with van der Waals surface area (Å²) in [6, 6.07) is 3.48. The van der Waals surface area contributed by atoms with Crippen molar-refractivity contribution in [3.8, 4) is 0 Å². The zero-order valence-corrected chi connectivity index (χ0v) is 14.3. The Labute approximate surface area is 148 Å². The van der Waals surface area contributed by atoms with Gasteiger partial charge in [0.05, 0.1) is 11.9 Å². The van der Waals surface area contributed by atoms with Crippen molar-refractivity contribution in [3.05, 3.63) is 24.5 Å². The quantitative estimate of drug-likeness (QED) is 0.886. The standard InChI is InChI=1S/C17H20F3N3O3/c1-11(17(18,19)20)26-15(25)23-7-4-16(5-8-23)9-13(16)14(24)22-12-3-2-6-21-10-12/h2-3,6,10-11,13H,4-5,7-9H2,1H3,(H,22,24). The summed E-state index contributed by atoms with van der Waals surface area (Å²) < 4.78 is 41.9. The van der Waals surface area contributed by atoms with Crippen LogP contribution < -0.4 is 5.32 Å². The molecule has 1 aromatic heterocycles. The minimum Gasteiger partial charge on any atom is -0.437 e. The molecule has 2 unspecified atom stereocenters. The largest absolute Gasteiger partial charge is 0.437 e. The van der Waals surface area contributed by atoms with Crippen LogP contribution in [0.3, 0.4) is 0 Å². The molecule has 3 rings (SSSR count). The molecule has 1 N–H and O–H groups in total. The van der Waals surface area contributed by atoms with E-state index in [9.17, 15) is 22.8 Å². The molecule has 9 heteroatoms. The maximum atomic E-state index is 12.5. The van der Waals surface area contributed by atoms with Gasteiger partial charge >= 0.3 is 12.3 Å². The van der Waals surface area contributed by atoms with Gasteiger partial charge in [0.15, 0.2) is 6.10 Å². The Bertz CT molecular complexity index is 673. The monoisotopic (exact) mass is 371 g/mol. The number of anilines is 1. The molecule has 1 saturated carbocycles. The third kappa shape index (κ3) is 3.91. The second kappa shape index (κ2) is 6.77. The van der Waals surface area contributed by atoms with E-state index in [1.165, 1.54) is 4.90 Å². The highest BCUT2D eigenvalue weighted by Crippen LogP contribution is 2.59. The average Bonchev–Trinajstić information content (AvgIpc) is 3.29. The van der Waals surface area contributed by atoms with Gasteiger partial charge in [0.1, 0.15) is 0 Å². The third-order valence-corrected chi connectivity index (χ3v) is 5.19. The highest BCUT2D eigenvalue weighted by Gasteiger charge is 2.59. The number of hydrogen-bond donors (Lipinski definition) is 1. The number of ether oxygens (including phenoxy) is 1. The van der Waals surface area contributed by atoms with E-state index in [-0.39, 0.29) is 17.2 Å². The molecular formula is C17H20F3N3O3. The number of alkyl halides is 3. The highest BCUT2D eigenvalue weighted by atomic mass is 19.4. The summed E-state index contributed by atoms with van der Waals surface area (Å²) in [7, 11) is 0. The van der Waals surface area contributed by atoms with Gasteiger partial charge < -0.3 is 15.0 Å². The lowest BCUT2D eigenvalue weighted by molar-refractivity contribution is -0.200. The number of hydrogen-bond acceptors (Lipinski definition) is 4. The minimum atomic E-state index is -4.57. The molecule has 2 fully saturated rings. The van der Waals surface area contributed by atoms with Crippen LogP contribution in [-0.2, 0) is 9.53 Å². The molecule has 2 heterocycles. The summed E-state index contributed by atoms with van der Waals surface area (Å²) in [6.07, 6.45) is -2.61. The van der Waals surface area contributed by atoms with E-state index >= 15 is 0 Å². The second-order valence-electron chi connectivity index (χ2n) is 6.90. The number of rotatable bonds is 3. The number of likely N-dealkylation sites (tertiary alicyclic amines) is 1. The summed E-state index contributed by atoms with van der Waals surface area (Å²) >= 11 is 0. The predicted octanol–water partition coefficient (Wildman–Crippen LogP) is 3.21. The lowest BCUT2D eigenvalue weighted by Crippen LogP contribution is -2.43. The number of piperidine rings is 1.